The number of thiocarbonyl (C=S) groups is 1. The Labute approximate surface area is 81.0 Å². The molecule has 1 radical (unpaired) electrons. The molecular weight excluding hydrogens is 190 g/mol. The van der Waals surface area contributed by atoms with Crippen molar-refractivity contribution in [2.75, 3.05) is 5.75 Å². The van der Waals surface area contributed by atoms with Crippen molar-refractivity contribution in [2.24, 2.45) is 0 Å². The van der Waals surface area contributed by atoms with Gasteiger partial charge in [0.25, 0.3) is 0 Å². The van der Waals surface area contributed by atoms with Crippen LogP contribution in [0.25, 0.3) is 0 Å². The van der Waals surface area contributed by atoms with E-state index in [1.165, 1.54) is 11.8 Å². The minimum absolute atomic E-state index is 0.514. The van der Waals surface area contributed by atoms with E-state index in [1.807, 2.05) is 18.2 Å². The fraction of sp³-hybridized carbons (Fsp3) is 0.250. The number of nitrogens with zero attached hydrogens (tertiary/aromatic N) is 1. The van der Waals surface area contributed by atoms with Crippen LogP contribution in [0.5, 0.6) is 0 Å². The highest BCUT2D eigenvalue weighted by Crippen LogP contribution is 2.14. The van der Waals surface area contributed by atoms with E-state index in [2.05, 4.69) is 22.6 Å². The largest absolute Gasteiger partial charge is 0.387 e. The molecule has 1 N–H and O–H groups in total. The number of aliphatic hydroxyl groups excluding tert-OH is 1. The van der Waals surface area contributed by atoms with E-state index in [9.17, 15) is 0 Å². The Hall–Kier alpha value is -0.450. The maximum Gasteiger partial charge on any atom is 0.0996 e. The van der Waals surface area contributed by atoms with Gasteiger partial charge >= 0.3 is 0 Å². The Kier molecular flexibility index (Phi) is 4.21. The Morgan fingerprint density at radius 1 is 1.67 bits per heavy atom. The third-order valence-electron chi connectivity index (χ3n) is 1.16. The van der Waals surface area contributed by atoms with E-state index in [-0.39, 0.29) is 0 Å². The van der Waals surface area contributed by atoms with Gasteiger partial charge in [-0.1, -0.05) is 18.3 Å². The van der Waals surface area contributed by atoms with E-state index < -0.39 is 6.10 Å². The molecular formula is C8H8NOS2. The van der Waals surface area contributed by atoms with Crippen molar-refractivity contribution in [2.45, 2.75) is 11.1 Å². The second kappa shape index (κ2) is 5.24. The third-order valence-corrected chi connectivity index (χ3v) is 2.45. The highest BCUT2D eigenvalue weighted by molar-refractivity contribution is 7.99. The quantitative estimate of drug-likeness (QED) is 0.586. The van der Waals surface area contributed by atoms with E-state index in [0.29, 0.717) is 5.75 Å². The molecule has 1 aromatic heterocycles. The summed E-state index contributed by atoms with van der Waals surface area (Å²) in [5.41, 5.74) is 0. The summed E-state index contributed by atoms with van der Waals surface area (Å²) in [4.78, 5) is 4.08. The highest BCUT2D eigenvalue weighted by Gasteiger charge is 2.00. The van der Waals surface area contributed by atoms with Crippen molar-refractivity contribution < 1.29 is 5.11 Å². The van der Waals surface area contributed by atoms with E-state index >= 15 is 0 Å². The van der Waals surface area contributed by atoms with Crippen LogP contribution >= 0.6 is 24.0 Å². The van der Waals surface area contributed by atoms with Gasteiger partial charge in [0, 0.05) is 11.9 Å². The summed E-state index contributed by atoms with van der Waals surface area (Å²) in [6.07, 6.45) is 1.07. The van der Waals surface area contributed by atoms with E-state index in [4.69, 9.17) is 5.11 Å². The Morgan fingerprint density at radius 2 is 2.50 bits per heavy atom. The second-order valence-electron chi connectivity index (χ2n) is 2.11. The molecule has 0 saturated heterocycles. The monoisotopic (exact) mass is 198 g/mol. The van der Waals surface area contributed by atoms with Crippen molar-refractivity contribution in [1.82, 2.24) is 4.98 Å². The molecule has 0 aromatic carbocycles. The summed E-state index contributed by atoms with van der Waals surface area (Å²) in [7, 11) is 0. The molecule has 1 unspecified atom stereocenters. The van der Waals surface area contributed by atoms with Gasteiger partial charge in [-0.3, -0.25) is 0 Å². The maximum atomic E-state index is 9.06. The molecule has 0 aliphatic carbocycles. The van der Waals surface area contributed by atoms with Crippen molar-refractivity contribution in [3.63, 3.8) is 0 Å². The highest BCUT2D eigenvalue weighted by atomic mass is 32.2. The summed E-state index contributed by atoms with van der Waals surface area (Å²) in [6, 6.07) is 5.65. The number of hydrogen-bond donors (Lipinski definition) is 1. The number of hydrogen-bond acceptors (Lipinski definition) is 4. The number of pyridine rings is 1. The third kappa shape index (κ3) is 3.30. The topological polar surface area (TPSA) is 33.1 Å². The van der Waals surface area contributed by atoms with Crippen LogP contribution in [0.1, 0.15) is 0 Å². The zero-order chi connectivity index (χ0) is 8.81. The number of aromatic nitrogens is 1. The number of thioether (sulfide) groups is 1. The van der Waals surface area contributed by atoms with Crippen molar-refractivity contribution in [3.05, 3.63) is 24.4 Å². The van der Waals surface area contributed by atoms with Crippen LogP contribution in [0.15, 0.2) is 29.4 Å². The van der Waals surface area contributed by atoms with Gasteiger partial charge in [-0.05, 0) is 12.1 Å². The lowest BCUT2D eigenvalue weighted by Gasteiger charge is -2.01. The van der Waals surface area contributed by atoms with Gasteiger partial charge < -0.3 is 5.11 Å². The predicted molar refractivity (Wildman–Crippen MR) is 53.6 cm³/mol. The molecule has 2 nitrogen and oxygen atoms in total. The van der Waals surface area contributed by atoms with Gasteiger partial charge in [0.15, 0.2) is 0 Å². The van der Waals surface area contributed by atoms with Crippen molar-refractivity contribution in [3.8, 4) is 0 Å². The Balaban J connectivity index is 2.38. The van der Waals surface area contributed by atoms with Gasteiger partial charge in [-0.15, -0.1) is 11.8 Å². The smallest absolute Gasteiger partial charge is 0.0996 e. The molecule has 1 atom stereocenters. The predicted octanol–water partition coefficient (Wildman–Crippen LogP) is 1.41. The van der Waals surface area contributed by atoms with Gasteiger partial charge in [-0.25, -0.2) is 4.98 Å². The molecule has 1 aromatic rings. The summed E-state index contributed by atoms with van der Waals surface area (Å²) < 4.78 is 0. The van der Waals surface area contributed by atoms with E-state index in [1.54, 1.807) is 6.20 Å². The lowest BCUT2D eigenvalue weighted by Crippen LogP contribution is -2.09. The van der Waals surface area contributed by atoms with Gasteiger partial charge in [0.05, 0.1) is 16.5 Å². The molecule has 0 saturated carbocycles. The summed E-state index contributed by atoms with van der Waals surface area (Å²) >= 11 is 5.92. The second-order valence-corrected chi connectivity index (χ2v) is 3.39. The Bertz CT molecular complexity index is 240. The molecule has 0 bridgehead atoms. The summed E-state index contributed by atoms with van der Waals surface area (Å²) in [6.45, 7) is 0. The van der Waals surface area contributed by atoms with Crippen LogP contribution in [0.3, 0.4) is 0 Å². The first-order chi connectivity index (χ1) is 5.83. The maximum absolute atomic E-state index is 9.06. The molecule has 0 aliphatic rings. The lowest BCUT2D eigenvalue weighted by atomic mass is 10.5. The van der Waals surface area contributed by atoms with Gasteiger partial charge in [0.1, 0.15) is 0 Å². The SMILES string of the molecule is OC([C]=S)CSc1ccccn1. The molecule has 12 heavy (non-hydrogen) atoms. The minimum atomic E-state index is -0.646. The van der Waals surface area contributed by atoms with Crippen molar-refractivity contribution >= 4 is 29.3 Å². The molecule has 1 heterocycles. The fourth-order valence-electron chi connectivity index (χ4n) is 0.631. The average Bonchev–Trinajstić information content (AvgIpc) is 2.16. The lowest BCUT2D eigenvalue weighted by molar-refractivity contribution is 0.273. The zero-order valence-electron chi connectivity index (χ0n) is 6.30. The summed E-state index contributed by atoms with van der Waals surface area (Å²) in [5, 5.41) is 12.3. The standard InChI is InChI=1S/C8H8NOS2/c10-7(5-11)6-12-8-3-1-2-4-9-8/h1-4,7,10H,6H2. The summed E-state index contributed by atoms with van der Waals surface area (Å²) in [5.74, 6) is 0.514. The fourth-order valence-corrected chi connectivity index (χ4v) is 1.54. The molecule has 0 aliphatic heterocycles. The van der Waals surface area contributed by atoms with Gasteiger partial charge in [0.2, 0.25) is 0 Å². The molecule has 0 fully saturated rings. The number of rotatable bonds is 4. The molecule has 4 heteroatoms. The first kappa shape index (κ1) is 9.64. The molecule has 0 spiro atoms. The van der Waals surface area contributed by atoms with Crippen LogP contribution in [-0.2, 0) is 0 Å². The average molecular weight is 198 g/mol. The van der Waals surface area contributed by atoms with Crippen LogP contribution < -0.4 is 0 Å². The molecule has 1 rings (SSSR count). The van der Waals surface area contributed by atoms with E-state index in [0.717, 1.165) is 5.03 Å². The van der Waals surface area contributed by atoms with Crippen LogP contribution in [0.2, 0.25) is 0 Å². The first-order valence-corrected chi connectivity index (χ1v) is 4.82. The zero-order valence-corrected chi connectivity index (χ0v) is 7.94. The van der Waals surface area contributed by atoms with Crippen molar-refractivity contribution in [1.29, 1.82) is 0 Å². The first-order valence-electron chi connectivity index (χ1n) is 3.42. The van der Waals surface area contributed by atoms with Gasteiger partial charge in [-0.2, -0.15) is 0 Å². The minimum Gasteiger partial charge on any atom is -0.387 e. The molecule has 63 valence electrons. The van der Waals surface area contributed by atoms with Crippen LogP contribution in [0, 0.1) is 0 Å². The van der Waals surface area contributed by atoms with Crippen LogP contribution in [0.4, 0.5) is 0 Å². The molecule has 0 amide bonds. The Morgan fingerprint density at radius 3 is 3.08 bits per heavy atom. The normalized spacial score (nSPS) is 12.4. The number of aliphatic hydroxyl groups is 1. The van der Waals surface area contributed by atoms with Crippen LogP contribution in [-0.4, -0.2) is 27.3 Å².